The SMILES string of the molecule is CCCCc1nc2cc(C)c(OC)cc2o1. The first kappa shape index (κ1) is 11.0. The molecule has 1 heterocycles. The van der Waals surface area contributed by atoms with Crippen LogP contribution in [0.25, 0.3) is 11.1 Å². The first-order valence-corrected chi connectivity index (χ1v) is 5.68. The van der Waals surface area contributed by atoms with Crippen LogP contribution < -0.4 is 4.74 Å². The molecule has 0 aliphatic carbocycles. The highest BCUT2D eigenvalue weighted by molar-refractivity contribution is 5.76. The van der Waals surface area contributed by atoms with Crippen LogP contribution in [0.3, 0.4) is 0 Å². The van der Waals surface area contributed by atoms with E-state index >= 15 is 0 Å². The van der Waals surface area contributed by atoms with Crippen LogP contribution in [0.1, 0.15) is 31.2 Å². The fourth-order valence-electron chi connectivity index (χ4n) is 1.76. The summed E-state index contributed by atoms with van der Waals surface area (Å²) in [6, 6.07) is 3.92. The zero-order chi connectivity index (χ0) is 11.5. The molecule has 86 valence electrons. The Kier molecular flexibility index (Phi) is 3.13. The predicted molar refractivity (Wildman–Crippen MR) is 63.9 cm³/mol. The lowest BCUT2D eigenvalue weighted by Gasteiger charge is -2.01. The van der Waals surface area contributed by atoms with E-state index in [2.05, 4.69) is 11.9 Å². The van der Waals surface area contributed by atoms with Crippen molar-refractivity contribution in [3.63, 3.8) is 0 Å². The molecule has 3 heteroatoms. The van der Waals surface area contributed by atoms with Crippen LogP contribution in [0, 0.1) is 6.92 Å². The van der Waals surface area contributed by atoms with Gasteiger partial charge in [0, 0.05) is 12.5 Å². The van der Waals surface area contributed by atoms with Gasteiger partial charge in [-0.05, 0) is 25.0 Å². The van der Waals surface area contributed by atoms with E-state index in [1.54, 1.807) is 7.11 Å². The Labute approximate surface area is 95.4 Å². The highest BCUT2D eigenvalue weighted by Gasteiger charge is 2.08. The van der Waals surface area contributed by atoms with E-state index < -0.39 is 0 Å². The zero-order valence-corrected chi connectivity index (χ0v) is 10.0. The Morgan fingerprint density at radius 3 is 2.88 bits per heavy atom. The normalized spacial score (nSPS) is 10.9. The lowest BCUT2D eigenvalue weighted by Crippen LogP contribution is -1.86. The molecule has 2 aromatic rings. The third-order valence-corrected chi connectivity index (χ3v) is 2.69. The molecule has 0 saturated carbocycles. The molecule has 0 bridgehead atoms. The van der Waals surface area contributed by atoms with Gasteiger partial charge < -0.3 is 9.15 Å². The minimum Gasteiger partial charge on any atom is -0.496 e. The highest BCUT2D eigenvalue weighted by atomic mass is 16.5. The van der Waals surface area contributed by atoms with Crippen molar-refractivity contribution < 1.29 is 9.15 Å². The maximum atomic E-state index is 5.68. The lowest BCUT2D eigenvalue weighted by atomic mass is 10.2. The van der Waals surface area contributed by atoms with E-state index in [-0.39, 0.29) is 0 Å². The van der Waals surface area contributed by atoms with E-state index in [9.17, 15) is 0 Å². The number of aromatic nitrogens is 1. The van der Waals surface area contributed by atoms with E-state index in [4.69, 9.17) is 9.15 Å². The molecule has 0 radical (unpaired) electrons. The Bertz CT molecular complexity index is 488. The van der Waals surface area contributed by atoms with Gasteiger partial charge in [-0.1, -0.05) is 13.3 Å². The van der Waals surface area contributed by atoms with Crippen LogP contribution in [-0.2, 0) is 6.42 Å². The Balaban J connectivity index is 2.37. The molecule has 0 fully saturated rings. The third-order valence-electron chi connectivity index (χ3n) is 2.69. The van der Waals surface area contributed by atoms with Gasteiger partial charge in [0.2, 0.25) is 0 Å². The van der Waals surface area contributed by atoms with E-state index in [1.807, 2.05) is 19.1 Å². The molecule has 0 aliphatic rings. The van der Waals surface area contributed by atoms with Gasteiger partial charge in [-0.15, -0.1) is 0 Å². The molecule has 16 heavy (non-hydrogen) atoms. The third kappa shape index (κ3) is 2.03. The van der Waals surface area contributed by atoms with Crippen LogP contribution in [-0.4, -0.2) is 12.1 Å². The van der Waals surface area contributed by atoms with Gasteiger partial charge in [-0.2, -0.15) is 0 Å². The van der Waals surface area contributed by atoms with Crippen LogP contribution in [0.15, 0.2) is 16.5 Å². The predicted octanol–water partition coefficient (Wildman–Crippen LogP) is 3.49. The molecule has 0 N–H and O–H groups in total. The molecule has 0 aliphatic heterocycles. The summed E-state index contributed by atoms with van der Waals surface area (Å²) in [6.07, 6.45) is 3.18. The monoisotopic (exact) mass is 219 g/mol. The summed E-state index contributed by atoms with van der Waals surface area (Å²) >= 11 is 0. The lowest BCUT2D eigenvalue weighted by molar-refractivity contribution is 0.411. The van der Waals surface area contributed by atoms with Crippen molar-refractivity contribution in [2.24, 2.45) is 0 Å². The van der Waals surface area contributed by atoms with Crippen molar-refractivity contribution in [2.45, 2.75) is 33.1 Å². The summed E-state index contributed by atoms with van der Waals surface area (Å²) in [4.78, 5) is 4.46. The Hall–Kier alpha value is -1.51. The number of methoxy groups -OCH3 is 1. The van der Waals surface area contributed by atoms with Crippen LogP contribution >= 0.6 is 0 Å². The van der Waals surface area contributed by atoms with Crippen molar-refractivity contribution in [1.82, 2.24) is 4.98 Å². The minimum atomic E-state index is 0.813. The van der Waals surface area contributed by atoms with Crippen molar-refractivity contribution in [2.75, 3.05) is 7.11 Å². The highest BCUT2D eigenvalue weighted by Crippen LogP contribution is 2.26. The summed E-state index contributed by atoms with van der Waals surface area (Å²) in [5, 5.41) is 0. The standard InChI is InChI=1S/C13H17NO2/c1-4-5-6-13-14-10-7-9(2)11(15-3)8-12(10)16-13/h7-8H,4-6H2,1-3H3. The summed E-state index contributed by atoms with van der Waals surface area (Å²) in [7, 11) is 1.67. The number of aryl methyl sites for hydroxylation is 2. The maximum absolute atomic E-state index is 5.68. The number of fused-ring (bicyclic) bond motifs is 1. The van der Waals surface area contributed by atoms with Crippen LogP contribution in [0.2, 0.25) is 0 Å². The van der Waals surface area contributed by atoms with Crippen molar-refractivity contribution in [3.8, 4) is 5.75 Å². The molecule has 1 aromatic heterocycles. The molecule has 1 aromatic carbocycles. The smallest absolute Gasteiger partial charge is 0.195 e. The number of hydrogen-bond donors (Lipinski definition) is 0. The van der Waals surface area contributed by atoms with Crippen LogP contribution in [0.5, 0.6) is 5.75 Å². The second-order valence-corrected chi connectivity index (χ2v) is 4.00. The average molecular weight is 219 g/mol. The Morgan fingerprint density at radius 1 is 1.38 bits per heavy atom. The molecule has 0 atom stereocenters. The fourth-order valence-corrected chi connectivity index (χ4v) is 1.76. The van der Waals surface area contributed by atoms with Gasteiger partial charge in [0.25, 0.3) is 0 Å². The van der Waals surface area contributed by atoms with Gasteiger partial charge >= 0.3 is 0 Å². The minimum absolute atomic E-state index is 0.813. The molecular formula is C13H17NO2. The molecule has 0 saturated heterocycles. The number of ether oxygens (including phenoxy) is 1. The van der Waals surface area contributed by atoms with E-state index in [0.29, 0.717) is 0 Å². The average Bonchev–Trinajstić information content (AvgIpc) is 2.66. The van der Waals surface area contributed by atoms with E-state index in [1.165, 1.54) is 0 Å². The van der Waals surface area contributed by atoms with Gasteiger partial charge in [-0.3, -0.25) is 0 Å². The van der Waals surface area contributed by atoms with Gasteiger partial charge in [0.15, 0.2) is 11.5 Å². The molecule has 0 spiro atoms. The summed E-state index contributed by atoms with van der Waals surface area (Å²) in [5.41, 5.74) is 2.82. The molecule has 0 unspecified atom stereocenters. The summed E-state index contributed by atoms with van der Waals surface area (Å²) < 4.78 is 10.9. The molecular weight excluding hydrogens is 202 g/mol. The molecule has 3 nitrogen and oxygen atoms in total. The van der Waals surface area contributed by atoms with Crippen molar-refractivity contribution in [3.05, 3.63) is 23.6 Å². The number of rotatable bonds is 4. The first-order valence-electron chi connectivity index (χ1n) is 5.68. The Morgan fingerprint density at radius 2 is 2.19 bits per heavy atom. The van der Waals surface area contributed by atoms with Gasteiger partial charge in [0.1, 0.15) is 11.3 Å². The number of benzene rings is 1. The number of hydrogen-bond acceptors (Lipinski definition) is 3. The molecule has 0 amide bonds. The maximum Gasteiger partial charge on any atom is 0.195 e. The summed E-state index contributed by atoms with van der Waals surface area (Å²) in [6.45, 7) is 4.18. The van der Waals surface area contributed by atoms with E-state index in [0.717, 1.165) is 47.6 Å². The molecule has 2 rings (SSSR count). The quantitative estimate of drug-likeness (QED) is 0.789. The summed E-state index contributed by atoms with van der Waals surface area (Å²) in [5.74, 6) is 1.68. The van der Waals surface area contributed by atoms with Crippen molar-refractivity contribution in [1.29, 1.82) is 0 Å². The number of oxazole rings is 1. The first-order chi connectivity index (χ1) is 7.74. The zero-order valence-electron chi connectivity index (χ0n) is 10.0. The van der Waals surface area contributed by atoms with Gasteiger partial charge in [0.05, 0.1) is 7.11 Å². The number of unbranched alkanes of at least 4 members (excludes halogenated alkanes) is 1. The second kappa shape index (κ2) is 4.56. The largest absolute Gasteiger partial charge is 0.496 e. The fraction of sp³-hybridized carbons (Fsp3) is 0.462. The topological polar surface area (TPSA) is 35.3 Å². The number of nitrogens with zero attached hydrogens (tertiary/aromatic N) is 1. The second-order valence-electron chi connectivity index (χ2n) is 4.00. The van der Waals surface area contributed by atoms with Gasteiger partial charge in [-0.25, -0.2) is 4.98 Å². The van der Waals surface area contributed by atoms with Crippen molar-refractivity contribution >= 4 is 11.1 Å². The van der Waals surface area contributed by atoms with Crippen LogP contribution in [0.4, 0.5) is 0 Å².